The maximum Gasteiger partial charge on any atom is 0.328 e. The zero-order chi connectivity index (χ0) is 13.1. The molecule has 1 aromatic rings. The number of rotatable bonds is 4. The lowest BCUT2D eigenvalue weighted by Gasteiger charge is -2.03. The van der Waals surface area contributed by atoms with Gasteiger partial charge in [0.05, 0.1) is 0 Å². The number of carboxylic acids is 1. The molecule has 1 aromatic heterocycles. The van der Waals surface area contributed by atoms with Gasteiger partial charge in [-0.1, -0.05) is 13.0 Å². The molecule has 2 N–H and O–H groups in total. The first kappa shape index (κ1) is 12.3. The normalized spacial score (nSPS) is 21.8. The molecule has 0 aromatic carbocycles. The minimum Gasteiger partial charge on any atom is -0.478 e. The predicted octanol–water partition coefficient (Wildman–Crippen LogP) is 1.32. The molecule has 1 heterocycles. The van der Waals surface area contributed by atoms with Crippen LogP contribution in [0.1, 0.15) is 29.4 Å². The van der Waals surface area contributed by atoms with Crippen molar-refractivity contribution in [2.45, 2.75) is 19.4 Å². The molecule has 0 aliphatic heterocycles. The van der Waals surface area contributed by atoms with Gasteiger partial charge in [-0.15, -0.1) is 0 Å². The third-order valence-corrected chi connectivity index (χ3v) is 2.86. The van der Waals surface area contributed by atoms with Crippen molar-refractivity contribution in [1.82, 2.24) is 10.3 Å². The Morgan fingerprint density at radius 2 is 2.22 bits per heavy atom. The van der Waals surface area contributed by atoms with Crippen molar-refractivity contribution in [2.24, 2.45) is 5.92 Å². The molecule has 2 unspecified atom stereocenters. The first-order chi connectivity index (χ1) is 8.56. The lowest BCUT2D eigenvalue weighted by Crippen LogP contribution is -2.27. The predicted molar refractivity (Wildman–Crippen MR) is 65.9 cm³/mol. The molecule has 0 bridgehead atoms. The molecule has 5 nitrogen and oxygen atoms in total. The zero-order valence-corrected chi connectivity index (χ0v) is 9.96. The fourth-order valence-electron chi connectivity index (χ4n) is 1.57. The molecule has 1 amide bonds. The molecule has 2 atom stereocenters. The van der Waals surface area contributed by atoms with E-state index in [-0.39, 0.29) is 11.9 Å². The second kappa shape index (κ2) is 5.00. The molecular formula is C13H14N2O3. The Kier molecular flexibility index (Phi) is 3.41. The molecule has 0 saturated heterocycles. The number of carboxylic acid groups (broad SMARTS) is 1. The van der Waals surface area contributed by atoms with Crippen molar-refractivity contribution >= 4 is 18.0 Å². The van der Waals surface area contributed by atoms with Crippen molar-refractivity contribution in [3.63, 3.8) is 0 Å². The van der Waals surface area contributed by atoms with Gasteiger partial charge in [0.1, 0.15) is 5.69 Å². The van der Waals surface area contributed by atoms with E-state index in [1.54, 1.807) is 12.1 Å². The number of nitrogens with zero attached hydrogens (tertiary/aromatic N) is 1. The summed E-state index contributed by atoms with van der Waals surface area (Å²) < 4.78 is 0. The van der Waals surface area contributed by atoms with Gasteiger partial charge in [-0.2, -0.15) is 0 Å². The summed E-state index contributed by atoms with van der Waals surface area (Å²) in [5.74, 6) is -0.649. The topological polar surface area (TPSA) is 79.3 Å². The molecule has 94 valence electrons. The van der Waals surface area contributed by atoms with E-state index in [0.29, 0.717) is 17.2 Å². The third kappa shape index (κ3) is 3.16. The molecule has 0 radical (unpaired) electrons. The molecule has 1 aliphatic carbocycles. The van der Waals surface area contributed by atoms with Gasteiger partial charge in [-0.05, 0) is 30.0 Å². The summed E-state index contributed by atoms with van der Waals surface area (Å²) in [6.45, 7) is 2.08. The summed E-state index contributed by atoms with van der Waals surface area (Å²) in [6.07, 6.45) is 4.96. The van der Waals surface area contributed by atoms with Crippen molar-refractivity contribution < 1.29 is 14.7 Å². The molecule has 1 saturated carbocycles. The highest BCUT2D eigenvalue weighted by Gasteiger charge is 2.34. The number of hydrogen-bond acceptors (Lipinski definition) is 3. The van der Waals surface area contributed by atoms with Crippen LogP contribution in [0.2, 0.25) is 0 Å². The average molecular weight is 246 g/mol. The third-order valence-electron chi connectivity index (χ3n) is 2.86. The Labute approximate surface area is 105 Å². The second-order valence-electron chi connectivity index (χ2n) is 4.44. The summed E-state index contributed by atoms with van der Waals surface area (Å²) in [5.41, 5.74) is 0.996. The number of pyridine rings is 1. The van der Waals surface area contributed by atoms with Crippen LogP contribution in [0.5, 0.6) is 0 Å². The lowest BCUT2D eigenvalue weighted by atomic mass is 10.2. The smallest absolute Gasteiger partial charge is 0.328 e. The van der Waals surface area contributed by atoms with Crippen molar-refractivity contribution in [1.29, 1.82) is 0 Å². The van der Waals surface area contributed by atoms with Gasteiger partial charge in [0, 0.05) is 18.3 Å². The van der Waals surface area contributed by atoms with E-state index < -0.39 is 5.97 Å². The summed E-state index contributed by atoms with van der Waals surface area (Å²) in [5, 5.41) is 11.4. The zero-order valence-electron chi connectivity index (χ0n) is 9.96. The summed E-state index contributed by atoms with van der Waals surface area (Å²) in [6, 6.07) is 3.52. The van der Waals surface area contributed by atoms with Crippen LogP contribution in [0, 0.1) is 5.92 Å². The SMILES string of the molecule is CC1CC1NC(=O)c1ccc(C=CC(=O)O)cn1. The Balaban J connectivity index is 1.98. The number of nitrogens with one attached hydrogen (secondary N) is 1. The van der Waals surface area contributed by atoms with E-state index in [9.17, 15) is 9.59 Å². The summed E-state index contributed by atoms with van der Waals surface area (Å²) in [4.78, 5) is 26.1. The van der Waals surface area contributed by atoms with Crippen LogP contribution in [0.15, 0.2) is 24.4 Å². The molecular weight excluding hydrogens is 232 g/mol. The Hall–Kier alpha value is -2.17. The maximum atomic E-state index is 11.7. The number of hydrogen-bond donors (Lipinski definition) is 2. The lowest BCUT2D eigenvalue weighted by molar-refractivity contribution is -0.131. The Morgan fingerprint density at radius 3 is 2.72 bits per heavy atom. The van der Waals surface area contributed by atoms with Crippen LogP contribution in [0.4, 0.5) is 0 Å². The van der Waals surface area contributed by atoms with E-state index in [0.717, 1.165) is 12.5 Å². The number of aromatic nitrogens is 1. The standard InChI is InChI=1S/C13H14N2O3/c1-8-6-11(8)15-13(18)10-4-2-9(7-14-10)3-5-12(16)17/h2-5,7-8,11H,6H2,1H3,(H,15,18)(H,16,17). The van der Waals surface area contributed by atoms with Crippen LogP contribution >= 0.6 is 0 Å². The van der Waals surface area contributed by atoms with E-state index in [4.69, 9.17) is 5.11 Å². The first-order valence-electron chi connectivity index (χ1n) is 5.74. The number of aliphatic carboxylic acids is 1. The van der Waals surface area contributed by atoms with Gasteiger partial charge in [-0.25, -0.2) is 4.79 Å². The molecule has 1 fully saturated rings. The van der Waals surface area contributed by atoms with E-state index in [1.165, 1.54) is 12.3 Å². The van der Waals surface area contributed by atoms with Gasteiger partial charge in [0.2, 0.25) is 0 Å². The van der Waals surface area contributed by atoms with Gasteiger partial charge in [0.25, 0.3) is 5.91 Å². The maximum absolute atomic E-state index is 11.7. The number of carbonyl (C=O) groups is 2. The van der Waals surface area contributed by atoms with E-state index in [2.05, 4.69) is 17.2 Å². The highest BCUT2D eigenvalue weighted by atomic mass is 16.4. The molecule has 2 rings (SSSR count). The molecule has 5 heteroatoms. The Bertz CT molecular complexity index is 493. The average Bonchev–Trinajstić information content (AvgIpc) is 3.03. The monoisotopic (exact) mass is 246 g/mol. The van der Waals surface area contributed by atoms with Crippen LogP contribution in [-0.2, 0) is 4.79 Å². The summed E-state index contributed by atoms with van der Waals surface area (Å²) in [7, 11) is 0. The fourth-order valence-corrected chi connectivity index (χ4v) is 1.57. The van der Waals surface area contributed by atoms with Gasteiger partial charge >= 0.3 is 5.97 Å². The van der Waals surface area contributed by atoms with Crippen molar-refractivity contribution in [2.75, 3.05) is 0 Å². The first-order valence-corrected chi connectivity index (χ1v) is 5.74. The largest absolute Gasteiger partial charge is 0.478 e. The van der Waals surface area contributed by atoms with Crippen molar-refractivity contribution in [3.05, 3.63) is 35.7 Å². The fraction of sp³-hybridized carbons (Fsp3) is 0.308. The van der Waals surface area contributed by atoms with E-state index in [1.807, 2.05) is 0 Å². The minimum absolute atomic E-state index is 0.182. The number of carbonyl (C=O) groups excluding carboxylic acids is 1. The van der Waals surface area contributed by atoms with Crippen LogP contribution in [0.25, 0.3) is 6.08 Å². The highest BCUT2D eigenvalue weighted by Crippen LogP contribution is 2.29. The van der Waals surface area contributed by atoms with Gasteiger partial charge in [0.15, 0.2) is 0 Å². The van der Waals surface area contributed by atoms with Crippen LogP contribution < -0.4 is 5.32 Å². The highest BCUT2D eigenvalue weighted by molar-refractivity contribution is 5.93. The second-order valence-corrected chi connectivity index (χ2v) is 4.44. The summed E-state index contributed by atoms with van der Waals surface area (Å²) >= 11 is 0. The molecule has 1 aliphatic rings. The van der Waals surface area contributed by atoms with E-state index >= 15 is 0 Å². The quantitative estimate of drug-likeness (QED) is 0.785. The molecule has 0 spiro atoms. The van der Waals surface area contributed by atoms with Gasteiger partial charge < -0.3 is 10.4 Å². The number of amides is 1. The molecule has 18 heavy (non-hydrogen) atoms. The van der Waals surface area contributed by atoms with Crippen LogP contribution in [0.3, 0.4) is 0 Å². The van der Waals surface area contributed by atoms with Crippen molar-refractivity contribution in [3.8, 4) is 0 Å². The minimum atomic E-state index is -1.01. The van der Waals surface area contributed by atoms with Gasteiger partial charge in [-0.3, -0.25) is 9.78 Å². The Morgan fingerprint density at radius 1 is 1.50 bits per heavy atom. The van der Waals surface area contributed by atoms with Crippen LogP contribution in [-0.4, -0.2) is 28.0 Å².